The van der Waals surface area contributed by atoms with Crippen molar-refractivity contribution < 1.29 is 0 Å². The van der Waals surface area contributed by atoms with Crippen molar-refractivity contribution in [1.82, 2.24) is 0 Å². The lowest BCUT2D eigenvalue weighted by Crippen LogP contribution is -2.04. The highest BCUT2D eigenvalue weighted by Gasteiger charge is 2.17. The van der Waals surface area contributed by atoms with Gasteiger partial charge < -0.3 is 0 Å². The average Bonchev–Trinajstić information content (AvgIpc) is 2.98. The van der Waals surface area contributed by atoms with Gasteiger partial charge in [0.25, 0.3) is 0 Å². The predicted molar refractivity (Wildman–Crippen MR) is 124 cm³/mol. The van der Waals surface area contributed by atoms with Gasteiger partial charge >= 0.3 is 0 Å². The van der Waals surface area contributed by atoms with Crippen LogP contribution >= 0.6 is 0 Å². The minimum atomic E-state index is 0.937. The van der Waals surface area contributed by atoms with E-state index in [1.165, 1.54) is 73.6 Å². The Bertz CT molecular complexity index is 935. The maximum absolute atomic E-state index is 2.53. The quantitative estimate of drug-likeness (QED) is 0.406. The minimum Gasteiger partial charge on any atom is -0.0809 e. The van der Waals surface area contributed by atoms with Crippen molar-refractivity contribution in [2.45, 2.75) is 64.2 Å². The van der Waals surface area contributed by atoms with E-state index in [1.807, 2.05) is 0 Å². The Balaban J connectivity index is 1.39. The third-order valence-corrected chi connectivity index (χ3v) is 7.20. The van der Waals surface area contributed by atoms with Crippen LogP contribution in [0, 0.1) is 5.92 Å². The van der Waals surface area contributed by atoms with E-state index in [2.05, 4.69) is 66.8 Å². The Morgan fingerprint density at radius 1 is 0.586 bits per heavy atom. The second kappa shape index (κ2) is 8.57. The Morgan fingerprint density at radius 3 is 1.93 bits per heavy atom. The van der Waals surface area contributed by atoms with Crippen LogP contribution in [0.3, 0.4) is 0 Å². The first-order valence-corrected chi connectivity index (χ1v) is 11.6. The van der Waals surface area contributed by atoms with E-state index in [9.17, 15) is 0 Å². The maximum atomic E-state index is 2.53. The fourth-order valence-corrected chi connectivity index (χ4v) is 5.22. The van der Waals surface area contributed by atoms with E-state index in [0.29, 0.717) is 0 Å². The fraction of sp³-hybridized carbons (Fsp3) is 0.379. The number of hydrogen-bond acceptors (Lipinski definition) is 0. The molecule has 0 aromatic heterocycles. The normalized spacial score (nSPS) is 23.9. The molecular formula is C29H32. The average molecular weight is 381 g/mol. The van der Waals surface area contributed by atoms with E-state index in [0.717, 1.165) is 18.8 Å². The highest BCUT2D eigenvalue weighted by Crippen LogP contribution is 2.33. The van der Waals surface area contributed by atoms with Gasteiger partial charge in [0, 0.05) is 0 Å². The van der Waals surface area contributed by atoms with Gasteiger partial charge in [-0.05, 0) is 90.7 Å². The second-order valence-corrected chi connectivity index (χ2v) is 9.21. The molecule has 6 bridgehead atoms. The molecule has 0 N–H and O–H groups in total. The molecule has 1 saturated carbocycles. The predicted octanol–water partition coefficient (Wildman–Crippen LogP) is 8.00. The summed E-state index contributed by atoms with van der Waals surface area (Å²) in [5.74, 6) is 0.937. The summed E-state index contributed by atoms with van der Waals surface area (Å²) in [7, 11) is 0. The van der Waals surface area contributed by atoms with Gasteiger partial charge in [-0.1, -0.05) is 85.2 Å². The van der Waals surface area contributed by atoms with Gasteiger partial charge in [0.2, 0.25) is 0 Å². The SMILES string of the molecule is C1=C2CCCC3CCC/C(=C/Cc4ccc(cc4)-c4ccc(cc4)CC2=C1)CC3. The lowest BCUT2D eigenvalue weighted by Gasteiger charge is -2.20. The standard InChI is InChI=1S/C29H32/c1-3-22-5-2-6-26-19-20-29(26)21-25-13-17-28(18-14-25)27-15-11-24(12-16-27)10-9-23(4-1)8-7-22/h9,11-20,22H,1-8,10,21H2/b23-9-. The van der Waals surface area contributed by atoms with Crippen molar-refractivity contribution in [3.63, 3.8) is 0 Å². The summed E-state index contributed by atoms with van der Waals surface area (Å²) in [6.45, 7) is 0. The third-order valence-electron chi connectivity index (χ3n) is 7.20. The molecule has 29 heavy (non-hydrogen) atoms. The topological polar surface area (TPSA) is 0 Å². The largest absolute Gasteiger partial charge is 0.0809 e. The van der Waals surface area contributed by atoms with Gasteiger partial charge in [-0.15, -0.1) is 0 Å². The highest BCUT2D eigenvalue weighted by atomic mass is 14.2. The Kier molecular flexibility index (Phi) is 5.52. The molecule has 0 heteroatoms. The van der Waals surface area contributed by atoms with Gasteiger partial charge in [-0.25, -0.2) is 0 Å². The molecule has 0 radical (unpaired) electrons. The van der Waals surface area contributed by atoms with Crippen molar-refractivity contribution in [2.75, 3.05) is 0 Å². The molecular weight excluding hydrogens is 348 g/mol. The van der Waals surface area contributed by atoms with Gasteiger partial charge in [0.15, 0.2) is 0 Å². The number of benzene rings is 2. The van der Waals surface area contributed by atoms with E-state index >= 15 is 0 Å². The summed E-state index contributed by atoms with van der Waals surface area (Å²) in [6, 6.07) is 18.4. The number of fused-ring (bicyclic) bond motifs is 2. The third kappa shape index (κ3) is 4.47. The van der Waals surface area contributed by atoms with Gasteiger partial charge in [0.05, 0.1) is 0 Å². The van der Waals surface area contributed by atoms with Gasteiger partial charge in [0.1, 0.15) is 0 Å². The van der Waals surface area contributed by atoms with Crippen LogP contribution in [0.25, 0.3) is 11.1 Å². The Morgan fingerprint density at radius 2 is 1.24 bits per heavy atom. The summed E-state index contributed by atoms with van der Waals surface area (Å²) in [5.41, 5.74) is 10.4. The van der Waals surface area contributed by atoms with Crippen molar-refractivity contribution in [2.24, 2.45) is 5.92 Å². The van der Waals surface area contributed by atoms with Crippen LogP contribution in [0.1, 0.15) is 62.5 Å². The van der Waals surface area contributed by atoms with Crippen molar-refractivity contribution in [3.8, 4) is 11.1 Å². The summed E-state index contributed by atoms with van der Waals surface area (Å²) in [4.78, 5) is 0. The molecule has 0 spiro atoms. The van der Waals surface area contributed by atoms with Crippen LogP contribution in [0.2, 0.25) is 0 Å². The smallest absolute Gasteiger partial charge is 0.00230 e. The van der Waals surface area contributed by atoms with Crippen molar-refractivity contribution in [1.29, 1.82) is 0 Å². The zero-order valence-electron chi connectivity index (χ0n) is 17.5. The lowest BCUT2D eigenvalue weighted by molar-refractivity contribution is 0.417. The number of rotatable bonds is 0. The van der Waals surface area contributed by atoms with E-state index < -0.39 is 0 Å². The molecule has 0 nitrogen and oxygen atoms in total. The molecule has 1 atom stereocenters. The van der Waals surface area contributed by atoms with E-state index in [1.54, 1.807) is 16.7 Å². The Labute approximate surface area is 176 Å². The van der Waals surface area contributed by atoms with Crippen LogP contribution in [0.15, 0.2) is 83.5 Å². The van der Waals surface area contributed by atoms with E-state index in [4.69, 9.17) is 0 Å². The van der Waals surface area contributed by atoms with Gasteiger partial charge in [-0.3, -0.25) is 0 Å². The molecule has 0 heterocycles. The molecule has 2 aromatic rings. The molecule has 1 unspecified atom stereocenters. The van der Waals surface area contributed by atoms with Gasteiger partial charge in [-0.2, -0.15) is 0 Å². The summed E-state index contributed by atoms with van der Waals surface area (Å²) < 4.78 is 0. The summed E-state index contributed by atoms with van der Waals surface area (Å²) in [5, 5.41) is 0. The molecule has 5 aliphatic carbocycles. The first-order valence-electron chi connectivity index (χ1n) is 11.6. The highest BCUT2D eigenvalue weighted by molar-refractivity contribution is 5.64. The molecule has 2 aromatic carbocycles. The van der Waals surface area contributed by atoms with Crippen LogP contribution < -0.4 is 0 Å². The minimum absolute atomic E-state index is 0.937. The second-order valence-electron chi connectivity index (χ2n) is 9.21. The molecule has 1 fully saturated rings. The zero-order chi connectivity index (χ0) is 19.5. The lowest BCUT2D eigenvalue weighted by atomic mass is 9.85. The summed E-state index contributed by atoms with van der Waals surface area (Å²) in [6.07, 6.45) is 20.3. The maximum Gasteiger partial charge on any atom is -0.00230 e. The van der Waals surface area contributed by atoms with Crippen LogP contribution in [0.4, 0.5) is 0 Å². The number of allylic oxidation sites excluding steroid dienone is 6. The van der Waals surface area contributed by atoms with Crippen LogP contribution in [-0.4, -0.2) is 0 Å². The molecule has 5 aliphatic rings. The Hall–Kier alpha value is -2.34. The van der Waals surface area contributed by atoms with Crippen molar-refractivity contribution in [3.05, 3.63) is 94.6 Å². The molecule has 0 aliphatic heterocycles. The first-order chi connectivity index (χ1) is 14.3. The molecule has 0 saturated heterocycles. The zero-order valence-corrected chi connectivity index (χ0v) is 17.5. The van der Waals surface area contributed by atoms with Crippen LogP contribution in [0.5, 0.6) is 0 Å². The van der Waals surface area contributed by atoms with Crippen molar-refractivity contribution >= 4 is 0 Å². The fourth-order valence-electron chi connectivity index (χ4n) is 5.22. The number of hydrogen-bond donors (Lipinski definition) is 0. The first kappa shape index (κ1) is 18.7. The molecule has 148 valence electrons. The molecule has 7 rings (SSSR count). The van der Waals surface area contributed by atoms with Crippen LogP contribution in [-0.2, 0) is 12.8 Å². The summed E-state index contributed by atoms with van der Waals surface area (Å²) >= 11 is 0. The monoisotopic (exact) mass is 380 g/mol. The molecule has 0 amide bonds. The van der Waals surface area contributed by atoms with E-state index in [-0.39, 0.29) is 0 Å².